The van der Waals surface area contributed by atoms with Gasteiger partial charge < -0.3 is 5.11 Å². The van der Waals surface area contributed by atoms with E-state index in [2.05, 4.69) is 20.8 Å². The van der Waals surface area contributed by atoms with Gasteiger partial charge in [-0.2, -0.15) is 0 Å². The SMILES string of the molecule is Cc1ccc(C(C)(C)C)cc1S(=O)(=O)CCCCCO. The summed E-state index contributed by atoms with van der Waals surface area (Å²) in [7, 11) is -3.24. The van der Waals surface area contributed by atoms with Crippen molar-refractivity contribution in [1.82, 2.24) is 0 Å². The van der Waals surface area contributed by atoms with E-state index < -0.39 is 9.84 Å². The molecule has 4 heteroatoms. The van der Waals surface area contributed by atoms with Gasteiger partial charge in [0.15, 0.2) is 9.84 Å². The lowest BCUT2D eigenvalue weighted by Gasteiger charge is -2.20. The lowest BCUT2D eigenvalue weighted by atomic mass is 9.87. The van der Waals surface area contributed by atoms with Crippen molar-refractivity contribution in [2.24, 2.45) is 0 Å². The summed E-state index contributed by atoms with van der Waals surface area (Å²) in [6, 6.07) is 5.71. The summed E-state index contributed by atoms with van der Waals surface area (Å²) in [5.41, 5.74) is 1.78. The summed E-state index contributed by atoms with van der Waals surface area (Å²) in [4.78, 5) is 0.453. The molecular weight excluding hydrogens is 272 g/mol. The minimum Gasteiger partial charge on any atom is -0.396 e. The van der Waals surface area contributed by atoms with Crippen LogP contribution in [0.5, 0.6) is 0 Å². The van der Waals surface area contributed by atoms with Crippen molar-refractivity contribution in [3.63, 3.8) is 0 Å². The molecule has 20 heavy (non-hydrogen) atoms. The molecule has 3 nitrogen and oxygen atoms in total. The zero-order chi connectivity index (χ0) is 15.4. The summed E-state index contributed by atoms with van der Waals surface area (Å²) in [6.45, 7) is 8.20. The Morgan fingerprint density at radius 2 is 1.75 bits per heavy atom. The van der Waals surface area contributed by atoms with Crippen molar-refractivity contribution >= 4 is 9.84 Å². The van der Waals surface area contributed by atoms with E-state index in [1.54, 1.807) is 0 Å². The topological polar surface area (TPSA) is 54.4 Å². The van der Waals surface area contributed by atoms with Crippen molar-refractivity contribution in [3.8, 4) is 0 Å². The van der Waals surface area contributed by atoms with Crippen LogP contribution in [0.15, 0.2) is 23.1 Å². The zero-order valence-electron chi connectivity index (χ0n) is 12.9. The van der Waals surface area contributed by atoms with Gasteiger partial charge in [-0.05, 0) is 42.4 Å². The summed E-state index contributed by atoms with van der Waals surface area (Å²) >= 11 is 0. The van der Waals surface area contributed by atoms with Gasteiger partial charge in [-0.1, -0.05) is 39.3 Å². The first-order valence-corrected chi connectivity index (χ1v) is 8.78. The van der Waals surface area contributed by atoms with Gasteiger partial charge in [0.1, 0.15) is 0 Å². The second-order valence-corrected chi connectivity index (χ2v) is 8.41. The number of sulfone groups is 1. The summed E-state index contributed by atoms with van der Waals surface area (Å²) in [5, 5.41) is 8.73. The number of unbranched alkanes of at least 4 members (excludes halogenated alkanes) is 2. The fourth-order valence-electron chi connectivity index (χ4n) is 2.09. The molecule has 1 N–H and O–H groups in total. The number of rotatable bonds is 6. The van der Waals surface area contributed by atoms with Crippen molar-refractivity contribution in [2.45, 2.75) is 57.3 Å². The van der Waals surface area contributed by atoms with E-state index in [-0.39, 0.29) is 17.8 Å². The highest BCUT2D eigenvalue weighted by molar-refractivity contribution is 7.91. The molecular formula is C16H26O3S. The number of aliphatic hydroxyl groups excluding tert-OH is 1. The molecule has 1 aromatic rings. The van der Waals surface area contributed by atoms with Gasteiger partial charge in [0, 0.05) is 6.61 Å². The normalized spacial score (nSPS) is 12.7. The molecule has 0 radical (unpaired) electrons. The van der Waals surface area contributed by atoms with Crippen LogP contribution in [0.4, 0.5) is 0 Å². The third-order valence-corrected chi connectivity index (χ3v) is 5.40. The first-order chi connectivity index (χ1) is 9.18. The van der Waals surface area contributed by atoms with Gasteiger partial charge in [0.25, 0.3) is 0 Å². The Labute approximate surface area is 123 Å². The Morgan fingerprint density at radius 1 is 1.10 bits per heavy atom. The van der Waals surface area contributed by atoms with Gasteiger partial charge in [-0.15, -0.1) is 0 Å². The minimum atomic E-state index is -3.24. The van der Waals surface area contributed by atoms with Crippen molar-refractivity contribution in [3.05, 3.63) is 29.3 Å². The molecule has 0 fully saturated rings. The monoisotopic (exact) mass is 298 g/mol. The maximum atomic E-state index is 12.4. The van der Waals surface area contributed by atoms with Crippen LogP contribution in [0.25, 0.3) is 0 Å². The Bertz CT molecular complexity index is 539. The fraction of sp³-hybridized carbons (Fsp3) is 0.625. The van der Waals surface area contributed by atoms with E-state index in [0.717, 1.165) is 17.5 Å². The molecule has 1 rings (SSSR count). The van der Waals surface area contributed by atoms with Crippen LogP contribution >= 0.6 is 0 Å². The summed E-state index contributed by atoms with van der Waals surface area (Å²) in [5.74, 6) is 0.154. The van der Waals surface area contributed by atoms with Gasteiger partial charge in [0.2, 0.25) is 0 Å². The number of hydrogen-bond donors (Lipinski definition) is 1. The van der Waals surface area contributed by atoms with Crippen LogP contribution in [-0.2, 0) is 15.3 Å². The molecule has 0 atom stereocenters. The lowest BCUT2D eigenvalue weighted by Crippen LogP contribution is -2.14. The quantitative estimate of drug-likeness (QED) is 0.820. The molecule has 0 aliphatic carbocycles. The molecule has 0 aliphatic heterocycles. The van der Waals surface area contributed by atoms with Crippen LogP contribution < -0.4 is 0 Å². The fourth-order valence-corrected chi connectivity index (χ4v) is 3.76. The zero-order valence-corrected chi connectivity index (χ0v) is 13.8. The molecule has 0 bridgehead atoms. The average Bonchev–Trinajstić information content (AvgIpc) is 2.33. The smallest absolute Gasteiger partial charge is 0.178 e. The number of benzene rings is 1. The van der Waals surface area contributed by atoms with Crippen LogP contribution in [0.2, 0.25) is 0 Å². The molecule has 0 aromatic heterocycles. The molecule has 114 valence electrons. The van der Waals surface area contributed by atoms with Gasteiger partial charge in [0.05, 0.1) is 10.6 Å². The molecule has 0 heterocycles. The summed E-state index contributed by atoms with van der Waals surface area (Å²) < 4.78 is 24.9. The maximum Gasteiger partial charge on any atom is 0.178 e. The molecule has 0 saturated carbocycles. The highest BCUT2D eigenvalue weighted by atomic mass is 32.2. The second-order valence-electron chi connectivity index (χ2n) is 6.33. The van der Waals surface area contributed by atoms with Crippen LogP contribution in [0.3, 0.4) is 0 Å². The predicted octanol–water partition coefficient (Wildman–Crippen LogP) is 3.23. The highest BCUT2D eigenvalue weighted by Crippen LogP contribution is 2.27. The largest absolute Gasteiger partial charge is 0.396 e. The van der Waals surface area contributed by atoms with Gasteiger partial charge >= 0.3 is 0 Å². The molecule has 0 saturated heterocycles. The Balaban J connectivity index is 2.99. The Hall–Kier alpha value is -0.870. The van der Waals surface area contributed by atoms with Gasteiger partial charge in [-0.3, -0.25) is 0 Å². The van der Waals surface area contributed by atoms with Crippen LogP contribution in [0, 0.1) is 6.92 Å². The van der Waals surface area contributed by atoms with E-state index in [4.69, 9.17) is 5.11 Å². The minimum absolute atomic E-state index is 0.0607. The number of aliphatic hydroxyl groups is 1. The third-order valence-electron chi connectivity index (χ3n) is 3.46. The molecule has 0 unspecified atom stereocenters. The maximum absolute atomic E-state index is 12.4. The standard InChI is InChI=1S/C16H26O3S/c1-13-8-9-14(16(2,3)4)12-15(13)20(18,19)11-7-5-6-10-17/h8-9,12,17H,5-7,10-11H2,1-4H3. The average molecular weight is 298 g/mol. The van der Waals surface area contributed by atoms with Crippen molar-refractivity contribution in [1.29, 1.82) is 0 Å². The Morgan fingerprint density at radius 3 is 2.30 bits per heavy atom. The first-order valence-electron chi connectivity index (χ1n) is 7.13. The highest BCUT2D eigenvalue weighted by Gasteiger charge is 2.21. The predicted molar refractivity (Wildman–Crippen MR) is 82.9 cm³/mol. The second kappa shape index (κ2) is 6.72. The van der Waals surface area contributed by atoms with Crippen LogP contribution in [-0.4, -0.2) is 25.9 Å². The van der Waals surface area contributed by atoms with E-state index in [0.29, 0.717) is 17.7 Å². The van der Waals surface area contributed by atoms with Crippen molar-refractivity contribution < 1.29 is 13.5 Å². The van der Waals surface area contributed by atoms with E-state index in [9.17, 15) is 8.42 Å². The lowest BCUT2D eigenvalue weighted by molar-refractivity contribution is 0.284. The first kappa shape index (κ1) is 17.2. The van der Waals surface area contributed by atoms with E-state index >= 15 is 0 Å². The van der Waals surface area contributed by atoms with E-state index in [1.165, 1.54) is 0 Å². The van der Waals surface area contributed by atoms with E-state index in [1.807, 2.05) is 25.1 Å². The van der Waals surface area contributed by atoms with Gasteiger partial charge in [-0.25, -0.2) is 8.42 Å². The van der Waals surface area contributed by atoms with Crippen LogP contribution in [0.1, 0.15) is 51.2 Å². The Kier molecular flexibility index (Phi) is 5.78. The van der Waals surface area contributed by atoms with Crippen molar-refractivity contribution in [2.75, 3.05) is 12.4 Å². The third kappa shape index (κ3) is 4.60. The number of aryl methyl sites for hydroxylation is 1. The molecule has 1 aromatic carbocycles. The molecule has 0 spiro atoms. The number of hydrogen-bond acceptors (Lipinski definition) is 3. The molecule has 0 amide bonds. The summed E-state index contributed by atoms with van der Waals surface area (Å²) in [6.07, 6.45) is 2.01. The molecule has 0 aliphatic rings.